The van der Waals surface area contributed by atoms with E-state index in [0.29, 0.717) is 42.2 Å². The van der Waals surface area contributed by atoms with Crippen LogP contribution in [-0.2, 0) is 6.42 Å². The van der Waals surface area contributed by atoms with Crippen molar-refractivity contribution in [2.24, 2.45) is 5.73 Å². The third kappa shape index (κ3) is 3.29. The first-order valence-corrected chi connectivity index (χ1v) is 8.41. The zero-order valence-corrected chi connectivity index (χ0v) is 14.0. The molecule has 0 atom stereocenters. The fourth-order valence-corrected chi connectivity index (χ4v) is 2.93. The highest BCUT2D eigenvalue weighted by atomic mass is 35.5. The van der Waals surface area contributed by atoms with Gasteiger partial charge in [0.25, 0.3) is 0 Å². The second-order valence-corrected chi connectivity index (χ2v) is 5.67. The van der Waals surface area contributed by atoms with Crippen LogP contribution in [0.1, 0.15) is 28.6 Å². The summed E-state index contributed by atoms with van der Waals surface area (Å²) in [5, 5.41) is 3.97. The van der Waals surface area contributed by atoms with Crippen LogP contribution in [-0.4, -0.2) is 30.3 Å². The number of rotatable bonds is 7. The van der Waals surface area contributed by atoms with Crippen LogP contribution >= 0.6 is 23.4 Å². The van der Waals surface area contributed by atoms with Gasteiger partial charge in [-0.2, -0.15) is 0 Å². The molecule has 1 aromatic heterocycles. The van der Waals surface area contributed by atoms with Crippen molar-refractivity contribution >= 4 is 29.1 Å². The molecule has 1 aromatic carbocycles. The van der Waals surface area contributed by atoms with Crippen molar-refractivity contribution in [1.82, 2.24) is 5.16 Å². The Balaban J connectivity index is 2.45. The van der Waals surface area contributed by atoms with E-state index >= 15 is 0 Å². The highest BCUT2D eigenvalue weighted by Gasteiger charge is 2.22. The monoisotopic (exact) mass is 340 g/mol. The summed E-state index contributed by atoms with van der Waals surface area (Å²) >= 11 is 7.88. The van der Waals surface area contributed by atoms with Crippen LogP contribution in [0.15, 0.2) is 27.7 Å². The maximum Gasteiger partial charge on any atom is 0.199 e. The lowest BCUT2D eigenvalue weighted by molar-refractivity contribution is 0.103. The SMILES string of the molecule is CCc1oncc1C(=O)c1ccc(SC)c(OCCN)c1Cl. The summed E-state index contributed by atoms with van der Waals surface area (Å²) in [5.74, 6) is 0.799. The van der Waals surface area contributed by atoms with E-state index in [1.807, 2.05) is 19.2 Å². The number of ether oxygens (including phenoxy) is 1. The lowest BCUT2D eigenvalue weighted by Crippen LogP contribution is -2.12. The molecular weight excluding hydrogens is 324 g/mol. The Morgan fingerprint density at radius 1 is 1.45 bits per heavy atom. The number of carbonyl (C=O) groups excluding carboxylic acids is 1. The third-order valence-corrected chi connectivity index (χ3v) is 4.24. The molecule has 7 heteroatoms. The molecule has 0 aliphatic carbocycles. The zero-order chi connectivity index (χ0) is 16.1. The molecule has 0 saturated heterocycles. The van der Waals surface area contributed by atoms with Gasteiger partial charge in [-0.1, -0.05) is 23.7 Å². The normalized spacial score (nSPS) is 10.7. The molecule has 118 valence electrons. The Hall–Kier alpha value is -1.50. The highest BCUT2D eigenvalue weighted by molar-refractivity contribution is 7.98. The Morgan fingerprint density at radius 2 is 2.23 bits per heavy atom. The lowest BCUT2D eigenvalue weighted by Gasteiger charge is -2.13. The Labute approximate surface area is 138 Å². The quantitative estimate of drug-likeness (QED) is 0.616. The van der Waals surface area contributed by atoms with E-state index in [0.717, 1.165) is 4.90 Å². The number of hydrogen-bond donors (Lipinski definition) is 1. The number of benzene rings is 1. The molecule has 0 amide bonds. The molecule has 0 unspecified atom stereocenters. The highest BCUT2D eigenvalue weighted by Crippen LogP contribution is 2.38. The number of nitrogens with two attached hydrogens (primary N) is 1. The molecular formula is C15H17ClN2O3S. The van der Waals surface area contributed by atoms with Gasteiger partial charge in [-0.05, 0) is 18.4 Å². The number of carbonyl (C=O) groups is 1. The van der Waals surface area contributed by atoms with Crippen molar-refractivity contribution in [1.29, 1.82) is 0 Å². The maximum absolute atomic E-state index is 12.7. The summed E-state index contributed by atoms with van der Waals surface area (Å²) in [6, 6.07) is 3.51. The fraction of sp³-hybridized carbons (Fsp3) is 0.333. The van der Waals surface area contributed by atoms with E-state index in [4.69, 9.17) is 26.6 Å². The summed E-state index contributed by atoms with van der Waals surface area (Å²) in [6.07, 6.45) is 3.91. The average molecular weight is 341 g/mol. The van der Waals surface area contributed by atoms with Crippen molar-refractivity contribution in [3.8, 4) is 5.75 Å². The van der Waals surface area contributed by atoms with E-state index in [1.165, 1.54) is 18.0 Å². The van der Waals surface area contributed by atoms with Gasteiger partial charge in [0, 0.05) is 18.5 Å². The van der Waals surface area contributed by atoms with Crippen LogP contribution in [0.4, 0.5) is 0 Å². The molecule has 1 heterocycles. The van der Waals surface area contributed by atoms with Gasteiger partial charge in [-0.25, -0.2) is 0 Å². The predicted molar refractivity (Wildman–Crippen MR) is 87.1 cm³/mol. The van der Waals surface area contributed by atoms with Gasteiger partial charge in [0.15, 0.2) is 11.5 Å². The topological polar surface area (TPSA) is 78.3 Å². The minimum Gasteiger partial charge on any atom is -0.490 e. The van der Waals surface area contributed by atoms with Crippen LogP contribution in [0.5, 0.6) is 5.75 Å². The third-order valence-electron chi connectivity index (χ3n) is 3.10. The van der Waals surface area contributed by atoms with Gasteiger partial charge in [-0.3, -0.25) is 4.79 Å². The number of ketones is 1. The van der Waals surface area contributed by atoms with E-state index in [-0.39, 0.29) is 10.8 Å². The Morgan fingerprint density at radius 3 is 2.86 bits per heavy atom. The molecule has 5 nitrogen and oxygen atoms in total. The van der Waals surface area contributed by atoms with Crippen molar-refractivity contribution in [3.63, 3.8) is 0 Å². The number of aromatic nitrogens is 1. The van der Waals surface area contributed by atoms with E-state index in [1.54, 1.807) is 6.07 Å². The van der Waals surface area contributed by atoms with Crippen molar-refractivity contribution < 1.29 is 14.1 Å². The molecule has 0 fully saturated rings. The van der Waals surface area contributed by atoms with Crippen LogP contribution in [0.2, 0.25) is 5.02 Å². The summed E-state index contributed by atoms with van der Waals surface area (Å²) in [4.78, 5) is 13.5. The first kappa shape index (κ1) is 16.9. The molecule has 22 heavy (non-hydrogen) atoms. The largest absolute Gasteiger partial charge is 0.490 e. The fourth-order valence-electron chi connectivity index (χ4n) is 2.02. The summed E-state index contributed by atoms with van der Waals surface area (Å²) in [6.45, 7) is 2.60. The molecule has 0 aliphatic rings. The van der Waals surface area contributed by atoms with Crippen LogP contribution in [0.3, 0.4) is 0 Å². The van der Waals surface area contributed by atoms with Gasteiger partial charge < -0.3 is 15.0 Å². The first-order chi connectivity index (χ1) is 10.6. The molecule has 0 spiro atoms. The summed E-state index contributed by atoms with van der Waals surface area (Å²) in [7, 11) is 0. The average Bonchev–Trinajstić information content (AvgIpc) is 3.01. The van der Waals surface area contributed by atoms with Crippen molar-refractivity contribution in [2.75, 3.05) is 19.4 Å². The number of nitrogens with zero attached hydrogens (tertiary/aromatic N) is 1. The number of thioether (sulfide) groups is 1. The van der Waals surface area contributed by atoms with E-state index in [9.17, 15) is 4.79 Å². The summed E-state index contributed by atoms with van der Waals surface area (Å²) in [5.41, 5.74) is 6.26. The molecule has 0 aliphatic heterocycles. The van der Waals surface area contributed by atoms with Gasteiger partial charge in [0.2, 0.25) is 0 Å². The Kier molecular flexibility index (Phi) is 5.88. The minimum atomic E-state index is -0.228. The first-order valence-electron chi connectivity index (χ1n) is 6.81. The molecule has 0 radical (unpaired) electrons. The van der Waals surface area contributed by atoms with Gasteiger partial charge in [-0.15, -0.1) is 11.8 Å². The number of aryl methyl sites for hydroxylation is 1. The second kappa shape index (κ2) is 7.67. The molecule has 2 aromatic rings. The van der Waals surface area contributed by atoms with E-state index in [2.05, 4.69) is 5.16 Å². The second-order valence-electron chi connectivity index (χ2n) is 4.44. The van der Waals surface area contributed by atoms with Gasteiger partial charge >= 0.3 is 0 Å². The Bertz CT molecular complexity index is 673. The molecule has 2 N–H and O–H groups in total. The van der Waals surface area contributed by atoms with Crippen molar-refractivity contribution in [2.45, 2.75) is 18.2 Å². The molecule has 2 rings (SSSR count). The number of halogens is 1. The van der Waals surface area contributed by atoms with Crippen LogP contribution in [0.25, 0.3) is 0 Å². The van der Waals surface area contributed by atoms with Gasteiger partial charge in [0.1, 0.15) is 12.4 Å². The van der Waals surface area contributed by atoms with Gasteiger partial charge in [0.05, 0.1) is 21.7 Å². The minimum absolute atomic E-state index is 0.228. The lowest BCUT2D eigenvalue weighted by atomic mass is 10.0. The van der Waals surface area contributed by atoms with Crippen LogP contribution in [0, 0.1) is 0 Å². The zero-order valence-electron chi connectivity index (χ0n) is 12.4. The van der Waals surface area contributed by atoms with E-state index < -0.39 is 0 Å². The van der Waals surface area contributed by atoms with Crippen LogP contribution < -0.4 is 10.5 Å². The molecule has 0 bridgehead atoms. The standard InChI is InChI=1S/C15H17ClN2O3S/c1-3-11-10(8-18-21-11)14(19)9-4-5-12(22-2)15(13(9)16)20-7-6-17/h4-5,8H,3,6-7,17H2,1-2H3. The number of hydrogen-bond acceptors (Lipinski definition) is 6. The smallest absolute Gasteiger partial charge is 0.199 e. The maximum atomic E-state index is 12.7. The molecule has 0 saturated carbocycles. The predicted octanol–water partition coefficient (Wildman–Crippen LogP) is 3.18. The summed E-state index contributed by atoms with van der Waals surface area (Å²) < 4.78 is 10.7. The van der Waals surface area contributed by atoms with Crippen molar-refractivity contribution in [3.05, 3.63) is 40.2 Å².